The zero-order valence-corrected chi connectivity index (χ0v) is 27.1. The van der Waals surface area contributed by atoms with Gasteiger partial charge in [-0.15, -0.1) is 0 Å². The largest absolute Gasteiger partial charge is 0.456 e. The lowest BCUT2D eigenvalue weighted by atomic mass is 9.85. The molecule has 0 spiro atoms. The number of rotatable bonds is 3. The summed E-state index contributed by atoms with van der Waals surface area (Å²) in [5.74, 6) is 0. The van der Waals surface area contributed by atoms with Gasteiger partial charge in [0.15, 0.2) is 0 Å². The monoisotopic (exact) mass is 635 g/mol. The molecule has 232 valence electrons. The zero-order valence-electron chi connectivity index (χ0n) is 27.1. The summed E-state index contributed by atoms with van der Waals surface area (Å²) in [5.41, 5.74) is 10.3. The molecule has 0 saturated carbocycles. The van der Waals surface area contributed by atoms with Crippen molar-refractivity contribution >= 4 is 76.1 Å². The van der Waals surface area contributed by atoms with Crippen LogP contribution in [-0.4, -0.2) is 4.57 Å². The first-order valence-corrected chi connectivity index (χ1v) is 17.2. The van der Waals surface area contributed by atoms with Crippen molar-refractivity contribution in [1.82, 2.24) is 4.57 Å². The molecule has 2 aromatic heterocycles. The van der Waals surface area contributed by atoms with Gasteiger partial charge in [-0.05, 0) is 103 Å². The lowest BCUT2D eigenvalue weighted by Gasteiger charge is -2.18. The van der Waals surface area contributed by atoms with Crippen molar-refractivity contribution in [3.05, 3.63) is 176 Å². The number of benzene rings is 9. The summed E-state index contributed by atoms with van der Waals surface area (Å²) < 4.78 is 8.80. The Labute approximate surface area is 288 Å². The van der Waals surface area contributed by atoms with Crippen molar-refractivity contribution in [3.8, 4) is 27.9 Å². The molecule has 9 aromatic carbocycles. The van der Waals surface area contributed by atoms with Crippen LogP contribution in [-0.2, 0) is 0 Å². The van der Waals surface area contributed by atoms with E-state index in [9.17, 15) is 0 Å². The first kappa shape index (κ1) is 27.3. The summed E-state index contributed by atoms with van der Waals surface area (Å²) >= 11 is 0. The number of hydrogen-bond acceptors (Lipinski definition) is 1. The molecule has 0 saturated heterocycles. The Kier molecular flexibility index (Phi) is 5.70. The van der Waals surface area contributed by atoms with Crippen LogP contribution in [0.2, 0.25) is 0 Å². The molecule has 0 aliphatic carbocycles. The molecule has 2 heterocycles. The van der Waals surface area contributed by atoms with Gasteiger partial charge < -0.3 is 8.98 Å². The Morgan fingerprint density at radius 2 is 0.820 bits per heavy atom. The fourth-order valence-corrected chi connectivity index (χ4v) is 8.37. The third-order valence-corrected chi connectivity index (χ3v) is 10.5. The molecule has 0 fully saturated rings. The number of para-hydroxylation sites is 2. The van der Waals surface area contributed by atoms with Gasteiger partial charge in [-0.1, -0.05) is 127 Å². The number of nitrogens with zero attached hydrogens (tertiary/aromatic N) is 1. The molecular weight excluding hydrogens is 607 g/mol. The summed E-state index contributed by atoms with van der Waals surface area (Å²) in [5, 5.41) is 12.2. The van der Waals surface area contributed by atoms with Gasteiger partial charge in [0.25, 0.3) is 0 Å². The lowest BCUT2D eigenvalue weighted by Crippen LogP contribution is -1.95. The quantitative estimate of drug-likeness (QED) is 0.177. The predicted octanol–water partition coefficient (Wildman–Crippen LogP) is 13.5. The minimum atomic E-state index is 0.908. The maximum absolute atomic E-state index is 6.40. The Balaban J connectivity index is 1.17. The molecule has 11 aromatic rings. The molecular formula is C48H29NO. The van der Waals surface area contributed by atoms with Crippen LogP contribution in [0.5, 0.6) is 0 Å². The first-order chi connectivity index (χ1) is 24.8. The number of aromatic nitrogens is 1. The highest BCUT2D eigenvalue weighted by molar-refractivity contribution is 6.22. The van der Waals surface area contributed by atoms with Crippen molar-refractivity contribution in [1.29, 1.82) is 0 Å². The lowest BCUT2D eigenvalue weighted by molar-refractivity contribution is 0.669. The minimum Gasteiger partial charge on any atom is -0.456 e. The van der Waals surface area contributed by atoms with E-state index >= 15 is 0 Å². The van der Waals surface area contributed by atoms with E-state index < -0.39 is 0 Å². The van der Waals surface area contributed by atoms with Crippen LogP contribution in [0.25, 0.3) is 104 Å². The smallest absolute Gasteiger partial charge is 0.136 e. The SMILES string of the molecule is c1cc(-c2c3ccccc3c(-c3ccc4oc5cc6ccccc6cc5c4c3)c3ccccc23)cc(-n2c3ccccc3c3ccccc32)c1. The molecule has 0 radical (unpaired) electrons. The van der Waals surface area contributed by atoms with Gasteiger partial charge in [0.05, 0.1) is 11.0 Å². The highest BCUT2D eigenvalue weighted by Gasteiger charge is 2.19. The Morgan fingerprint density at radius 1 is 0.320 bits per heavy atom. The van der Waals surface area contributed by atoms with Crippen molar-refractivity contribution in [2.45, 2.75) is 0 Å². The van der Waals surface area contributed by atoms with E-state index in [2.05, 4.69) is 180 Å². The van der Waals surface area contributed by atoms with Crippen LogP contribution in [0.1, 0.15) is 0 Å². The minimum absolute atomic E-state index is 0.908. The summed E-state index contributed by atoms with van der Waals surface area (Å²) in [6, 6.07) is 63.9. The predicted molar refractivity (Wildman–Crippen MR) is 211 cm³/mol. The van der Waals surface area contributed by atoms with Gasteiger partial charge in [-0.2, -0.15) is 0 Å². The molecule has 0 N–H and O–H groups in total. The van der Waals surface area contributed by atoms with Gasteiger partial charge in [0, 0.05) is 27.2 Å². The molecule has 11 rings (SSSR count). The first-order valence-electron chi connectivity index (χ1n) is 17.2. The van der Waals surface area contributed by atoms with E-state index in [1.807, 2.05) is 0 Å². The Hall–Kier alpha value is -6.64. The van der Waals surface area contributed by atoms with Crippen LogP contribution < -0.4 is 0 Å². The molecule has 0 aliphatic heterocycles. The van der Waals surface area contributed by atoms with Gasteiger partial charge in [-0.25, -0.2) is 0 Å². The average molecular weight is 636 g/mol. The van der Waals surface area contributed by atoms with Crippen LogP contribution in [0.3, 0.4) is 0 Å². The molecule has 0 bridgehead atoms. The third kappa shape index (κ3) is 3.90. The topological polar surface area (TPSA) is 18.1 Å². The highest BCUT2D eigenvalue weighted by Crippen LogP contribution is 2.45. The van der Waals surface area contributed by atoms with E-state index in [-0.39, 0.29) is 0 Å². The van der Waals surface area contributed by atoms with Crippen LogP contribution in [0.15, 0.2) is 180 Å². The van der Waals surface area contributed by atoms with E-state index in [1.165, 1.54) is 76.4 Å². The zero-order chi connectivity index (χ0) is 32.8. The average Bonchev–Trinajstić information content (AvgIpc) is 3.70. The second-order valence-corrected chi connectivity index (χ2v) is 13.3. The van der Waals surface area contributed by atoms with E-state index in [0.29, 0.717) is 0 Å². The van der Waals surface area contributed by atoms with Crippen molar-refractivity contribution < 1.29 is 4.42 Å². The molecule has 2 nitrogen and oxygen atoms in total. The highest BCUT2D eigenvalue weighted by atomic mass is 16.3. The van der Waals surface area contributed by atoms with Crippen LogP contribution in [0, 0.1) is 0 Å². The van der Waals surface area contributed by atoms with Crippen LogP contribution in [0.4, 0.5) is 0 Å². The second-order valence-electron chi connectivity index (χ2n) is 13.3. The molecule has 0 atom stereocenters. The standard InChI is InChI=1S/C48H29NO/c1-2-13-31-29-46-42(27-30(31)12-1)41-28-33(24-25-45(41)50-46)48-39-20-5-3-18-37(39)47(38-19-4-6-21-40(38)48)32-14-11-15-34(26-32)49-43-22-9-7-16-35(43)36-17-8-10-23-44(36)49/h1-29H. The van der Waals surface area contributed by atoms with E-state index in [0.717, 1.165) is 27.6 Å². The Morgan fingerprint density at radius 3 is 1.44 bits per heavy atom. The number of fused-ring (bicyclic) bond motifs is 9. The maximum Gasteiger partial charge on any atom is 0.136 e. The number of furan rings is 1. The third-order valence-electron chi connectivity index (χ3n) is 10.5. The summed E-state index contributed by atoms with van der Waals surface area (Å²) in [6.45, 7) is 0. The molecule has 50 heavy (non-hydrogen) atoms. The van der Waals surface area contributed by atoms with Gasteiger partial charge in [-0.3, -0.25) is 0 Å². The van der Waals surface area contributed by atoms with Crippen molar-refractivity contribution in [2.24, 2.45) is 0 Å². The van der Waals surface area contributed by atoms with Gasteiger partial charge >= 0.3 is 0 Å². The fourth-order valence-electron chi connectivity index (χ4n) is 8.37. The van der Waals surface area contributed by atoms with E-state index in [1.54, 1.807) is 0 Å². The molecule has 0 unspecified atom stereocenters. The van der Waals surface area contributed by atoms with E-state index in [4.69, 9.17) is 4.42 Å². The fraction of sp³-hybridized carbons (Fsp3) is 0. The number of hydrogen-bond donors (Lipinski definition) is 0. The summed E-state index contributed by atoms with van der Waals surface area (Å²) in [7, 11) is 0. The van der Waals surface area contributed by atoms with Crippen molar-refractivity contribution in [3.63, 3.8) is 0 Å². The normalized spacial score (nSPS) is 12.0. The summed E-state index contributed by atoms with van der Waals surface area (Å²) in [4.78, 5) is 0. The molecule has 0 aliphatic rings. The molecule has 0 amide bonds. The van der Waals surface area contributed by atoms with Gasteiger partial charge in [0.2, 0.25) is 0 Å². The maximum atomic E-state index is 6.40. The summed E-state index contributed by atoms with van der Waals surface area (Å²) in [6.07, 6.45) is 0. The van der Waals surface area contributed by atoms with Crippen LogP contribution >= 0.6 is 0 Å². The molecule has 2 heteroatoms. The van der Waals surface area contributed by atoms with Gasteiger partial charge in [0.1, 0.15) is 11.2 Å². The Bertz CT molecular complexity index is 3050. The van der Waals surface area contributed by atoms with Crippen molar-refractivity contribution in [2.75, 3.05) is 0 Å². The second kappa shape index (κ2) is 10.4.